The molecule has 1 atom stereocenters. The molecule has 4 nitrogen and oxygen atoms in total. The van der Waals surface area contributed by atoms with E-state index in [1.165, 1.54) is 0 Å². The van der Waals surface area contributed by atoms with Crippen molar-refractivity contribution in [3.05, 3.63) is 0 Å². The van der Waals surface area contributed by atoms with Crippen molar-refractivity contribution >= 4 is 5.91 Å². The Bertz CT molecular complexity index is 237. The summed E-state index contributed by atoms with van der Waals surface area (Å²) in [4.78, 5) is 14.1. The Kier molecular flexibility index (Phi) is 7.28. The molecular formula is C14H29N3O. The Labute approximate surface area is 111 Å². The highest BCUT2D eigenvalue weighted by atomic mass is 16.2. The molecule has 1 aliphatic heterocycles. The molecule has 18 heavy (non-hydrogen) atoms. The lowest BCUT2D eigenvalue weighted by atomic mass is 10.1. The fourth-order valence-electron chi connectivity index (χ4n) is 2.61. The highest BCUT2D eigenvalue weighted by molar-refractivity contribution is 5.78. The third-order valence-corrected chi connectivity index (χ3v) is 3.58. The molecule has 1 saturated heterocycles. The van der Waals surface area contributed by atoms with Crippen LogP contribution in [0.5, 0.6) is 0 Å². The summed E-state index contributed by atoms with van der Waals surface area (Å²) >= 11 is 0. The van der Waals surface area contributed by atoms with Crippen LogP contribution < -0.4 is 10.6 Å². The van der Waals surface area contributed by atoms with Crippen molar-refractivity contribution in [3.8, 4) is 0 Å². The zero-order valence-electron chi connectivity index (χ0n) is 12.2. The number of carbonyl (C=O) groups excluding carboxylic acids is 1. The molecule has 1 unspecified atom stereocenters. The quantitative estimate of drug-likeness (QED) is 0.722. The summed E-state index contributed by atoms with van der Waals surface area (Å²) in [7, 11) is 0. The zero-order valence-corrected chi connectivity index (χ0v) is 12.2. The first-order valence-corrected chi connectivity index (χ1v) is 7.40. The van der Waals surface area contributed by atoms with Crippen molar-refractivity contribution in [1.29, 1.82) is 0 Å². The van der Waals surface area contributed by atoms with Crippen LogP contribution in [0.15, 0.2) is 0 Å². The maximum Gasteiger partial charge on any atom is 0.234 e. The fraction of sp³-hybridized carbons (Fsp3) is 0.929. The maximum absolute atomic E-state index is 11.8. The van der Waals surface area contributed by atoms with E-state index in [2.05, 4.69) is 36.3 Å². The zero-order chi connectivity index (χ0) is 13.4. The van der Waals surface area contributed by atoms with Gasteiger partial charge in [0.1, 0.15) is 0 Å². The van der Waals surface area contributed by atoms with Crippen molar-refractivity contribution in [2.45, 2.75) is 58.5 Å². The van der Waals surface area contributed by atoms with Crippen LogP contribution in [0.25, 0.3) is 0 Å². The number of carbonyl (C=O) groups is 1. The lowest BCUT2D eigenvalue weighted by Crippen LogP contribution is -2.47. The van der Waals surface area contributed by atoms with E-state index in [1.54, 1.807) is 0 Å². The number of piperidine rings is 1. The minimum atomic E-state index is 0.179. The predicted octanol–water partition coefficient (Wildman–Crippen LogP) is 1.37. The van der Waals surface area contributed by atoms with Crippen LogP contribution in [0.3, 0.4) is 0 Å². The SMILES string of the molecule is CCCC(C)NC(=O)CN1CCC(NCC)CC1. The molecule has 1 fully saturated rings. The smallest absolute Gasteiger partial charge is 0.234 e. The average Bonchev–Trinajstić information content (AvgIpc) is 2.32. The van der Waals surface area contributed by atoms with E-state index in [-0.39, 0.29) is 5.91 Å². The first kappa shape index (κ1) is 15.4. The van der Waals surface area contributed by atoms with Gasteiger partial charge in [0, 0.05) is 25.2 Å². The Hall–Kier alpha value is -0.610. The number of nitrogens with zero attached hydrogens (tertiary/aromatic N) is 1. The molecule has 0 aromatic heterocycles. The van der Waals surface area contributed by atoms with Gasteiger partial charge in [-0.25, -0.2) is 0 Å². The topological polar surface area (TPSA) is 44.4 Å². The monoisotopic (exact) mass is 255 g/mol. The van der Waals surface area contributed by atoms with Crippen molar-refractivity contribution < 1.29 is 4.79 Å². The van der Waals surface area contributed by atoms with Crippen LogP contribution >= 0.6 is 0 Å². The maximum atomic E-state index is 11.8. The Balaban J connectivity index is 2.18. The van der Waals surface area contributed by atoms with Gasteiger partial charge in [0.15, 0.2) is 0 Å². The van der Waals surface area contributed by atoms with Crippen LogP contribution in [-0.4, -0.2) is 49.1 Å². The van der Waals surface area contributed by atoms with Crippen LogP contribution in [0.2, 0.25) is 0 Å². The summed E-state index contributed by atoms with van der Waals surface area (Å²) in [5.41, 5.74) is 0. The summed E-state index contributed by atoms with van der Waals surface area (Å²) in [6.45, 7) is 10.1. The summed E-state index contributed by atoms with van der Waals surface area (Å²) in [6.07, 6.45) is 4.50. The van der Waals surface area contributed by atoms with E-state index in [4.69, 9.17) is 0 Å². The highest BCUT2D eigenvalue weighted by Gasteiger charge is 2.20. The number of nitrogens with one attached hydrogen (secondary N) is 2. The summed E-state index contributed by atoms with van der Waals surface area (Å²) < 4.78 is 0. The molecule has 1 aliphatic rings. The lowest BCUT2D eigenvalue weighted by molar-refractivity contribution is -0.123. The van der Waals surface area contributed by atoms with E-state index in [9.17, 15) is 4.79 Å². The van der Waals surface area contributed by atoms with E-state index in [1.807, 2.05) is 0 Å². The second-order valence-electron chi connectivity index (χ2n) is 5.37. The van der Waals surface area contributed by atoms with Crippen LogP contribution in [0.4, 0.5) is 0 Å². The molecule has 1 heterocycles. The number of hydrogen-bond acceptors (Lipinski definition) is 3. The number of hydrogen-bond donors (Lipinski definition) is 2. The third-order valence-electron chi connectivity index (χ3n) is 3.58. The molecule has 4 heteroatoms. The van der Waals surface area contributed by atoms with Crippen LogP contribution in [0.1, 0.15) is 46.5 Å². The second kappa shape index (κ2) is 8.48. The Morgan fingerprint density at radius 1 is 1.33 bits per heavy atom. The number of amides is 1. The lowest BCUT2D eigenvalue weighted by Gasteiger charge is -2.32. The number of rotatable bonds is 7. The standard InChI is InChI=1S/C14H29N3O/c1-4-6-12(3)16-14(18)11-17-9-7-13(8-10-17)15-5-2/h12-13,15H,4-11H2,1-3H3,(H,16,18). The molecule has 1 amide bonds. The molecule has 0 bridgehead atoms. The fourth-order valence-corrected chi connectivity index (χ4v) is 2.61. The molecule has 0 aliphatic carbocycles. The molecule has 0 radical (unpaired) electrons. The van der Waals surface area contributed by atoms with Crippen LogP contribution in [0, 0.1) is 0 Å². The van der Waals surface area contributed by atoms with E-state index in [0.717, 1.165) is 45.3 Å². The summed E-state index contributed by atoms with van der Waals surface area (Å²) in [6, 6.07) is 0.954. The largest absolute Gasteiger partial charge is 0.353 e. The van der Waals surface area contributed by atoms with Crippen molar-refractivity contribution in [2.24, 2.45) is 0 Å². The van der Waals surface area contributed by atoms with Gasteiger partial charge in [0.25, 0.3) is 0 Å². The third kappa shape index (κ3) is 5.83. The van der Waals surface area contributed by atoms with Gasteiger partial charge in [-0.3, -0.25) is 9.69 Å². The first-order valence-electron chi connectivity index (χ1n) is 7.40. The summed E-state index contributed by atoms with van der Waals surface area (Å²) in [5, 5.41) is 6.55. The second-order valence-corrected chi connectivity index (χ2v) is 5.37. The minimum absolute atomic E-state index is 0.179. The normalized spacial score (nSPS) is 19.7. The van der Waals surface area contributed by atoms with Crippen molar-refractivity contribution in [3.63, 3.8) is 0 Å². The molecule has 0 aromatic rings. The predicted molar refractivity (Wildman–Crippen MR) is 75.7 cm³/mol. The molecule has 106 valence electrons. The molecule has 2 N–H and O–H groups in total. The minimum Gasteiger partial charge on any atom is -0.353 e. The van der Waals surface area contributed by atoms with Gasteiger partial charge < -0.3 is 10.6 Å². The van der Waals surface area contributed by atoms with Gasteiger partial charge in [-0.2, -0.15) is 0 Å². The molecule has 0 spiro atoms. The molecule has 0 aromatic carbocycles. The van der Waals surface area contributed by atoms with Gasteiger partial charge >= 0.3 is 0 Å². The van der Waals surface area contributed by atoms with Crippen molar-refractivity contribution in [2.75, 3.05) is 26.2 Å². The van der Waals surface area contributed by atoms with Gasteiger partial charge in [-0.05, 0) is 32.7 Å². The highest BCUT2D eigenvalue weighted by Crippen LogP contribution is 2.09. The van der Waals surface area contributed by atoms with Gasteiger partial charge in [0.05, 0.1) is 6.54 Å². The molecule has 0 saturated carbocycles. The van der Waals surface area contributed by atoms with Crippen LogP contribution in [-0.2, 0) is 4.79 Å². The van der Waals surface area contributed by atoms with Gasteiger partial charge in [0.2, 0.25) is 5.91 Å². The van der Waals surface area contributed by atoms with Crippen molar-refractivity contribution in [1.82, 2.24) is 15.5 Å². The van der Waals surface area contributed by atoms with E-state index >= 15 is 0 Å². The first-order chi connectivity index (χ1) is 8.65. The van der Waals surface area contributed by atoms with Gasteiger partial charge in [-0.15, -0.1) is 0 Å². The summed E-state index contributed by atoms with van der Waals surface area (Å²) in [5.74, 6) is 0.179. The Morgan fingerprint density at radius 3 is 2.56 bits per heavy atom. The van der Waals surface area contributed by atoms with E-state index < -0.39 is 0 Å². The van der Waals surface area contributed by atoms with Gasteiger partial charge in [-0.1, -0.05) is 20.3 Å². The molecular weight excluding hydrogens is 226 g/mol. The molecule has 1 rings (SSSR count). The number of likely N-dealkylation sites (tertiary alicyclic amines) is 1. The Morgan fingerprint density at radius 2 is 2.00 bits per heavy atom. The average molecular weight is 255 g/mol. The van der Waals surface area contributed by atoms with E-state index in [0.29, 0.717) is 18.6 Å².